The van der Waals surface area contributed by atoms with Gasteiger partial charge in [0.15, 0.2) is 5.58 Å². The summed E-state index contributed by atoms with van der Waals surface area (Å²) in [5.74, 6) is -1.42. The second-order valence-electron chi connectivity index (χ2n) is 5.09. The van der Waals surface area contributed by atoms with Gasteiger partial charge in [-0.2, -0.15) is 18.2 Å². The van der Waals surface area contributed by atoms with Crippen LogP contribution >= 0.6 is 11.3 Å². The molecule has 0 saturated heterocycles. The Balaban J connectivity index is 2.27. The largest absolute Gasteiger partial charge is 0.423 e. The van der Waals surface area contributed by atoms with E-state index in [4.69, 9.17) is 10.2 Å². The van der Waals surface area contributed by atoms with E-state index in [1.807, 2.05) is 0 Å². The van der Waals surface area contributed by atoms with Crippen LogP contribution in [0.15, 0.2) is 22.1 Å². The fourth-order valence-corrected chi connectivity index (χ4v) is 2.82. The van der Waals surface area contributed by atoms with E-state index in [0.717, 1.165) is 17.4 Å². The minimum atomic E-state index is -4.91. The lowest BCUT2D eigenvalue weighted by molar-refractivity contribution is -0.138. The van der Waals surface area contributed by atoms with E-state index in [0.29, 0.717) is 5.01 Å². The first-order chi connectivity index (χ1) is 11.3. The zero-order chi connectivity index (χ0) is 17.5. The van der Waals surface area contributed by atoms with Crippen molar-refractivity contribution in [1.29, 1.82) is 0 Å². The van der Waals surface area contributed by atoms with Crippen LogP contribution in [0.4, 0.5) is 23.6 Å². The molecule has 0 radical (unpaired) electrons. The van der Waals surface area contributed by atoms with E-state index in [1.54, 1.807) is 12.3 Å². The van der Waals surface area contributed by atoms with Crippen molar-refractivity contribution in [2.75, 3.05) is 11.9 Å². The molecule has 0 fully saturated rings. The van der Waals surface area contributed by atoms with Gasteiger partial charge in [0, 0.05) is 24.2 Å². The Labute approximate surface area is 137 Å². The topological polar surface area (TPSA) is 77.0 Å². The van der Waals surface area contributed by atoms with E-state index in [1.165, 1.54) is 6.20 Å². The Morgan fingerprint density at radius 2 is 2.17 bits per heavy atom. The van der Waals surface area contributed by atoms with Crippen LogP contribution in [0.2, 0.25) is 0 Å². The number of alkyl halides is 3. The molecule has 2 heterocycles. The maximum absolute atomic E-state index is 14.1. The Kier molecular flexibility index (Phi) is 4.18. The summed E-state index contributed by atoms with van der Waals surface area (Å²) in [5.41, 5.74) is 3.34. The zero-order valence-electron chi connectivity index (χ0n) is 12.3. The smallest absolute Gasteiger partial charge is 0.421 e. The van der Waals surface area contributed by atoms with Crippen LogP contribution in [0.5, 0.6) is 0 Å². The van der Waals surface area contributed by atoms with Gasteiger partial charge >= 0.3 is 6.18 Å². The van der Waals surface area contributed by atoms with Crippen molar-refractivity contribution < 1.29 is 22.0 Å². The molecule has 0 aliphatic rings. The molecule has 0 aliphatic carbocycles. The van der Waals surface area contributed by atoms with Gasteiger partial charge in [-0.05, 0) is 13.0 Å². The number of nitrogens with one attached hydrogen (secondary N) is 1. The minimum absolute atomic E-state index is 0.117. The molecule has 128 valence electrons. The Bertz CT molecular complexity index is 860. The normalized spacial score (nSPS) is 13.4. The van der Waals surface area contributed by atoms with Gasteiger partial charge in [-0.3, -0.25) is 0 Å². The number of nitrogens with two attached hydrogens (primary N) is 1. The molecule has 3 N–H and O–H groups in total. The lowest BCUT2D eigenvalue weighted by Gasteiger charge is -2.09. The average molecular weight is 360 g/mol. The van der Waals surface area contributed by atoms with E-state index in [9.17, 15) is 17.6 Å². The predicted octanol–water partition coefficient (Wildman–Crippen LogP) is 3.87. The summed E-state index contributed by atoms with van der Waals surface area (Å²) < 4.78 is 59.2. The number of nitrogens with zero attached hydrogens (tertiary/aromatic N) is 2. The quantitative estimate of drug-likeness (QED) is 0.691. The van der Waals surface area contributed by atoms with E-state index in [-0.39, 0.29) is 29.7 Å². The number of oxazole rings is 1. The van der Waals surface area contributed by atoms with Gasteiger partial charge < -0.3 is 15.5 Å². The van der Waals surface area contributed by atoms with Crippen LogP contribution in [-0.4, -0.2) is 22.6 Å². The molecule has 0 aliphatic heterocycles. The Morgan fingerprint density at radius 3 is 2.75 bits per heavy atom. The summed E-state index contributed by atoms with van der Waals surface area (Å²) in [4.78, 5) is 7.78. The molecule has 0 spiro atoms. The maximum atomic E-state index is 14.1. The highest BCUT2D eigenvalue weighted by Crippen LogP contribution is 2.41. The fraction of sp³-hybridized carbons (Fsp3) is 0.286. The van der Waals surface area contributed by atoms with Gasteiger partial charge in [0.1, 0.15) is 21.9 Å². The average Bonchev–Trinajstić information content (AvgIpc) is 3.13. The number of rotatable bonds is 4. The molecule has 2 aromatic heterocycles. The predicted molar refractivity (Wildman–Crippen MR) is 82.2 cm³/mol. The third-order valence-corrected chi connectivity index (χ3v) is 4.09. The van der Waals surface area contributed by atoms with Crippen molar-refractivity contribution in [2.45, 2.75) is 19.1 Å². The number of hydrogen-bond donors (Lipinski definition) is 2. The molecule has 5 nitrogen and oxygen atoms in total. The van der Waals surface area contributed by atoms with Crippen LogP contribution < -0.4 is 11.1 Å². The van der Waals surface area contributed by atoms with Crippen molar-refractivity contribution in [3.63, 3.8) is 0 Å². The zero-order valence-corrected chi connectivity index (χ0v) is 13.1. The highest BCUT2D eigenvalue weighted by molar-refractivity contribution is 7.13. The molecule has 3 aromatic rings. The van der Waals surface area contributed by atoms with Crippen LogP contribution in [0.25, 0.3) is 21.7 Å². The summed E-state index contributed by atoms with van der Waals surface area (Å²) in [6.07, 6.45) is -3.44. The van der Waals surface area contributed by atoms with Gasteiger partial charge in [-0.25, -0.2) is 9.37 Å². The fourth-order valence-electron chi connectivity index (χ4n) is 2.17. The maximum Gasteiger partial charge on any atom is 0.421 e. The van der Waals surface area contributed by atoms with Gasteiger partial charge in [-0.1, -0.05) is 0 Å². The molecule has 1 aromatic carbocycles. The van der Waals surface area contributed by atoms with Crippen LogP contribution in [-0.2, 0) is 6.18 Å². The third-order valence-electron chi connectivity index (χ3n) is 3.29. The summed E-state index contributed by atoms with van der Waals surface area (Å²) in [6, 6.07) is 0.336. The van der Waals surface area contributed by atoms with Gasteiger partial charge in [-0.15, -0.1) is 11.3 Å². The molecule has 10 heteroatoms. The second-order valence-corrected chi connectivity index (χ2v) is 5.99. The standard InChI is InChI=1S/C14H12F4N4OS/c1-6(5-19)21-13-22-10-9(14(16,17)18)8(15)4-7(11(10)23-13)12-20-2-3-24-12/h2-4,6H,5,19H2,1H3,(H,21,22)/t6-/m0/s1. The summed E-state index contributed by atoms with van der Waals surface area (Å²) in [7, 11) is 0. The first-order valence-corrected chi connectivity index (χ1v) is 7.76. The first kappa shape index (κ1) is 16.7. The molecule has 0 unspecified atom stereocenters. The number of fused-ring (bicyclic) bond motifs is 1. The second kappa shape index (κ2) is 6.02. The molecule has 1 atom stereocenters. The molecular formula is C14H12F4N4OS. The van der Waals surface area contributed by atoms with Gasteiger partial charge in [0.05, 0.1) is 5.56 Å². The highest BCUT2D eigenvalue weighted by Gasteiger charge is 2.39. The number of anilines is 1. The van der Waals surface area contributed by atoms with Crippen LogP contribution in [0.3, 0.4) is 0 Å². The number of thiazole rings is 1. The number of halogens is 4. The number of benzene rings is 1. The van der Waals surface area contributed by atoms with E-state index in [2.05, 4.69) is 15.3 Å². The van der Waals surface area contributed by atoms with E-state index >= 15 is 0 Å². The summed E-state index contributed by atoms with van der Waals surface area (Å²) in [6.45, 7) is 1.93. The monoisotopic (exact) mass is 360 g/mol. The molecule has 3 rings (SSSR count). The van der Waals surface area contributed by atoms with Crippen molar-refractivity contribution in [2.24, 2.45) is 5.73 Å². The van der Waals surface area contributed by atoms with Crippen molar-refractivity contribution >= 4 is 28.5 Å². The van der Waals surface area contributed by atoms with Gasteiger partial charge in [0.25, 0.3) is 6.01 Å². The summed E-state index contributed by atoms with van der Waals surface area (Å²) >= 11 is 1.15. The molecule has 0 saturated carbocycles. The first-order valence-electron chi connectivity index (χ1n) is 6.88. The minimum Gasteiger partial charge on any atom is -0.423 e. The SMILES string of the molecule is C[C@@H](CN)Nc1nc2c(C(F)(F)F)c(F)cc(-c3nccs3)c2o1. The molecule has 24 heavy (non-hydrogen) atoms. The lowest BCUT2D eigenvalue weighted by Crippen LogP contribution is -2.25. The molecule has 0 bridgehead atoms. The number of hydrogen-bond acceptors (Lipinski definition) is 6. The van der Waals surface area contributed by atoms with Crippen molar-refractivity contribution in [3.05, 3.63) is 29.0 Å². The van der Waals surface area contributed by atoms with Gasteiger partial charge in [0.2, 0.25) is 0 Å². The Morgan fingerprint density at radius 1 is 1.42 bits per heavy atom. The Hall–Kier alpha value is -2.20. The number of aromatic nitrogens is 2. The van der Waals surface area contributed by atoms with Crippen LogP contribution in [0, 0.1) is 5.82 Å². The van der Waals surface area contributed by atoms with Crippen molar-refractivity contribution in [3.8, 4) is 10.6 Å². The molecular weight excluding hydrogens is 348 g/mol. The third kappa shape index (κ3) is 2.94. The van der Waals surface area contributed by atoms with Crippen molar-refractivity contribution in [1.82, 2.24) is 9.97 Å². The summed E-state index contributed by atoms with van der Waals surface area (Å²) in [5, 5.41) is 4.71. The lowest BCUT2D eigenvalue weighted by atomic mass is 10.1. The van der Waals surface area contributed by atoms with Crippen LogP contribution in [0.1, 0.15) is 12.5 Å². The molecule has 0 amide bonds. The highest BCUT2D eigenvalue weighted by atomic mass is 32.1. The van der Waals surface area contributed by atoms with E-state index < -0.39 is 23.1 Å².